The largest absolute Gasteiger partial charge is 0.384 e. The Balaban J connectivity index is 3.14. The highest BCUT2D eigenvalue weighted by molar-refractivity contribution is 5.97. The first-order chi connectivity index (χ1) is 6.45. The molecule has 1 aromatic rings. The average Bonchev–Trinajstić information content (AvgIpc) is 2.15. The molecule has 2 N–H and O–H groups in total. The van der Waals surface area contributed by atoms with Crippen molar-refractivity contribution >= 4 is 5.84 Å². The lowest BCUT2D eigenvalue weighted by atomic mass is 9.86. The molecule has 0 unspecified atom stereocenters. The minimum absolute atomic E-state index is 0.157. The van der Waals surface area contributed by atoms with Crippen molar-refractivity contribution < 1.29 is 0 Å². The van der Waals surface area contributed by atoms with Crippen LogP contribution in [0, 0.1) is 0 Å². The SMILES string of the molecule is CN=C(N)c1cccc(C(C)(C)C)c1. The highest BCUT2D eigenvalue weighted by atomic mass is 14.8. The van der Waals surface area contributed by atoms with Crippen molar-refractivity contribution in [3.05, 3.63) is 35.4 Å². The van der Waals surface area contributed by atoms with Crippen LogP contribution in [0.4, 0.5) is 0 Å². The molecule has 1 aromatic carbocycles. The number of nitrogens with two attached hydrogens (primary N) is 1. The average molecular weight is 190 g/mol. The van der Waals surface area contributed by atoms with Crippen molar-refractivity contribution in [2.75, 3.05) is 7.05 Å². The van der Waals surface area contributed by atoms with Gasteiger partial charge in [0.05, 0.1) is 0 Å². The van der Waals surface area contributed by atoms with E-state index >= 15 is 0 Å². The lowest BCUT2D eigenvalue weighted by Gasteiger charge is -2.19. The number of hydrogen-bond donors (Lipinski definition) is 1. The molecule has 0 atom stereocenters. The van der Waals surface area contributed by atoms with Gasteiger partial charge in [-0.2, -0.15) is 0 Å². The number of benzene rings is 1. The Kier molecular flexibility index (Phi) is 2.94. The molecule has 2 nitrogen and oxygen atoms in total. The van der Waals surface area contributed by atoms with Crippen molar-refractivity contribution in [2.45, 2.75) is 26.2 Å². The summed E-state index contributed by atoms with van der Waals surface area (Å²) in [7, 11) is 1.71. The summed E-state index contributed by atoms with van der Waals surface area (Å²) < 4.78 is 0. The van der Waals surface area contributed by atoms with E-state index in [1.807, 2.05) is 12.1 Å². The molecule has 0 amide bonds. The third-order valence-corrected chi connectivity index (χ3v) is 2.27. The fourth-order valence-corrected chi connectivity index (χ4v) is 1.27. The van der Waals surface area contributed by atoms with Crippen molar-refractivity contribution in [3.63, 3.8) is 0 Å². The maximum Gasteiger partial charge on any atom is 0.125 e. The van der Waals surface area contributed by atoms with Gasteiger partial charge < -0.3 is 5.73 Å². The van der Waals surface area contributed by atoms with Crippen LogP contribution in [0.15, 0.2) is 29.3 Å². The van der Waals surface area contributed by atoms with E-state index in [0.717, 1.165) is 5.56 Å². The number of aliphatic imine (C=N–C) groups is 1. The van der Waals surface area contributed by atoms with E-state index in [1.165, 1.54) is 5.56 Å². The maximum atomic E-state index is 5.76. The fraction of sp³-hybridized carbons (Fsp3) is 0.417. The zero-order chi connectivity index (χ0) is 10.8. The number of hydrogen-bond acceptors (Lipinski definition) is 1. The van der Waals surface area contributed by atoms with E-state index in [9.17, 15) is 0 Å². The first kappa shape index (κ1) is 10.8. The predicted octanol–water partition coefficient (Wildman–Crippen LogP) is 2.32. The number of nitrogens with zero attached hydrogens (tertiary/aromatic N) is 1. The molecule has 0 aliphatic rings. The van der Waals surface area contributed by atoms with Gasteiger partial charge in [-0.1, -0.05) is 39.0 Å². The molecule has 0 aliphatic carbocycles. The second-order valence-corrected chi connectivity index (χ2v) is 4.44. The van der Waals surface area contributed by atoms with Crippen LogP contribution < -0.4 is 5.73 Å². The molecule has 1 rings (SSSR count). The molecule has 0 saturated carbocycles. The zero-order valence-electron chi connectivity index (χ0n) is 9.33. The van der Waals surface area contributed by atoms with Crippen LogP contribution in [-0.4, -0.2) is 12.9 Å². The Bertz CT molecular complexity index is 346. The molecule has 76 valence electrons. The lowest BCUT2D eigenvalue weighted by molar-refractivity contribution is 0.590. The molecule has 0 fully saturated rings. The van der Waals surface area contributed by atoms with Crippen molar-refractivity contribution in [1.29, 1.82) is 0 Å². The summed E-state index contributed by atoms with van der Waals surface area (Å²) in [5.41, 5.74) is 8.19. The molecular formula is C12H18N2. The van der Waals surface area contributed by atoms with Crippen LogP contribution in [0.5, 0.6) is 0 Å². The van der Waals surface area contributed by atoms with Gasteiger partial charge in [-0.05, 0) is 17.0 Å². The normalized spacial score (nSPS) is 13.0. The van der Waals surface area contributed by atoms with Gasteiger partial charge in [0.2, 0.25) is 0 Å². The molecule has 2 heteroatoms. The topological polar surface area (TPSA) is 38.4 Å². The van der Waals surface area contributed by atoms with Crippen molar-refractivity contribution in [1.82, 2.24) is 0 Å². The quantitative estimate of drug-likeness (QED) is 0.535. The monoisotopic (exact) mass is 190 g/mol. The minimum Gasteiger partial charge on any atom is -0.384 e. The highest BCUT2D eigenvalue weighted by Crippen LogP contribution is 2.22. The molecule has 0 bridgehead atoms. The van der Waals surface area contributed by atoms with Crippen LogP contribution in [-0.2, 0) is 5.41 Å². The van der Waals surface area contributed by atoms with Gasteiger partial charge in [-0.25, -0.2) is 0 Å². The molecule has 14 heavy (non-hydrogen) atoms. The van der Waals surface area contributed by atoms with Crippen LogP contribution in [0.1, 0.15) is 31.9 Å². The van der Waals surface area contributed by atoms with Crippen LogP contribution >= 0.6 is 0 Å². The smallest absolute Gasteiger partial charge is 0.125 e. The van der Waals surface area contributed by atoms with Crippen molar-refractivity contribution in [2.24, 2.45) is 10.7 Å². The molecular weight excluding hydrogens is 172 g/mol. The second-order valence-electron chi connectivity index (χ2n) is 4.44. The Morgan fingerprint density at radius 2 is 1.93 bits per heavy atom. The molecule has 0 aliphatic heterocycles. The van der Waals surface area contributed by atoms with E-state index < -0.39 is 0 Å². The lowest BCUT2D eigenvalue weighted by Crippen LogP contribution is -2.16. The molecule has 0 spiro atoms. The second kappa shape index (κ2) is 3.82. The standard InChI is InChI=1S/C12H18N2/c1-12(2,3)10-7-5-6-9(8-10)11(13)14-4/h5-8H,1-4H3,(H2,13,14). The van der Waals surface area contributed by atoms with Gasteiger partial charge in [-0.3, -0.25) is 4.99 Å². The maximum absolute atomic E-state index is 5.76. The minimum atomic E-state index is 0.157. The van der Waals surface area contributed by atoms with E-state index in [2.05, 4.69) is 37.9 Å². The Hall–Kier alpha value is -1.31. The summed E-state index contributed by atoms with van der Waals surface area (Å²) in [4.78, 5) is 3.98. The van der Waals surface area contributed by atoms with Gasteiger partial charge >= 0.3 is 0 Å². The van der Waals surface area contributed by atoms with Crippen LogP contribution in [0.25, 0.3) is 0 Å². The molecule has 0 heterocycles. The van der Waals surface area contributed by atoms with Crippen LogP contribution in [0.3, 0.4) is 0 Å². The summed E-state index contributed by atoms with van der Waals surface area (Å²) >= 11 is 0. The first-order valence-electron chi connectivity index (χ1n) is 4.78. The molecule has 0 radical (unpaired) electrons. The van der Waals surface area contributed by atoms with E-state index in [4.69, 9.17) is 5.73 Å². The predicted molar refractivity (Wildman–Crippen MR) is 61.8 cm³/mol. The molecule has 0 aromatic heterocycles. The summed E-state index contributed by atoms with van der Waals surface area (Å²) in [6.07, 6.45) is 0. The third kappa shape index (κ3) is 2.34. The summed E-state index contributed by atoms with van der Waals surface area (Å²) in [5, 5.41) is 0. The van der Waals surface area contributed by atoms with Crippen LogP contribution in [0.2, 0.25) is 0 Å². The van der Waals surface area contributed by atoms with Gasteiger partial charge in [0.25, 0.3) is 0 Å². The summed E-state index contributed by atoms with van der Waals surface area (Å²) in [6, 6.07) is 8.22. The summed E-state index contributed by atoms with van der Waals surface area (Å²) in [6.45, 7) is 6.56. The van der Waals surface area contributed by atoms with Gasteiger partial charge in [0.1, 0.15) is 5.84 Å². The fourth-order valence-electron chi connectivity index (χ4n) is 1.27. The van der Waals surface area contributed by atoms with Crippen molar-refractivity contribution in [3.8, 4) is 0 Å². The first-order valence-corrected chi connectivity index (χ1v) is 4.78. The molecule has 0 saturated heterocycles. The van der Waals surface area contributed by atoms with E-state index in [-0.39, 0.29) is 5.41 Å². The Morgan fingerprint density at radius 1 is 1.29 bits per heavy atom. The number of amidine groups is 1. The van der Waals surface area contributed by atoms with Gasteiger partial charge in [0.15, 0.2) is 0 Å². The third-order valence-electron chi connectivity index (χ3n) is 2.27. The van der Waals surface area contributed by atoms with E-state index in [0.29, 0.717) is 5.84 Å². The van der Waals surface area contributed by atoms with Gasteiger partial charge in [-0.15, -0.1) is 0 Å². The highest BCUT2D eigenvalue weighted by Gasteiger charge is 2.13. The van der Waals surface area contributed by atoms with Gasteiger partial charge in [0, 0.05) is 12.6 Å². The Labute approximate surface area is 85.9 Å². The number of rotatable bonds is 1. The zero-order valence-corrected chi connectivity index (χ0v) is 9.33. The Morgan fingerprint density at radius 3 is 2.43 bits per heavy atom. The summed E-state index contributed by atoms with van der Waals surface area (Å²) in [5.74, 6) is 0.594. The van der Waals surface area contributed by atoms with E-state index in [1.54, 1.807) is 7.05 Å².